The van der Waals surface area contributed by atoms with Gasteiger partial charge in [0.15, 0.2) is 0 Å². The van der Waals surface area contributed by atoms with E-state index in [1.165, 1.54) is 14.0 Å². The van der Waals surface area contributed by atoms with Gasteiger partial charge in [-0.15, -0.1) is 20.4 Å². The van der Waals surface area contributed by atoms with Gasteiger partial charge in [-0.3, -0.25) is 0 Å². The third kappa shape index (κ3) is 2.15. The number of ether oxygens (including phenoxy) is 1. The molecule has 0 aliphatic carbocycles. The highest BCUT2D eigenvalue weighted by Crippen LogP contribution is 2.01. The molecule has 7 heteroatoms. The summed E-state index contributed by atoms with van der Waals surface area (Å²) in [6, 6.07) is 0. The van der Waals surface area contributed by atoms with Gasteiger partial charge in [0.25, 0.3) is 5.82 Å². The van der Waals surface area contributed by atoms with Crippen molar-refractivity contribution < 1.29 is 14.6 Å². The summed E-state index contributed by atoms with van der Waals surface area (Å²) >= 11 is 0. The van der Waals surface area contributed by atoms with Gasteiger partial charge in [0.2, 0.25) is 5.82 Å². The SMILES string of the molecule is COC(=O)c1nnc(C(C)O)nn1. The summed E-state index contributed by atoms with van der Waals surface area (Å²) in [4.78, 5) is 10.8. The predicted molar refractivity (Wildman–Crippen MR) is 39.6 cm³/mol. The zero-order valence-corrected chi connectivity index (χ0v) is 7.13. The lowest BCUT2D eigenvalue weighted by atomic mass is 10.4. The summed E-state index contributed by atoms with van der Waals surface area (Å²) in [5, 5.41) is 22.8. The van der Waals surface area contributed by atoms with Crippen LogP contribution in [-0.2, 0) is 4.74 Å². The van der Waals surface area contributed by atoms with E-state index >= 15 is 0 Å². The third-order valence-electron chi connectivity index (χ3n) is 1.24. The average molecular weight is 184 g/mol. The van der Waals surface area contributed by atoms with Crippen molar-refractivity contribution in [3.05, 3.63) is 11.6 Å². The molecule has 0 saturated heterocycles. The van der Waals surface area contributed by atoms with E-state index in [4.69, 9.17) is 5.11 Å². The molecule has 1 aromatic heterocycles. The molecule has 1 N–H and O–H groups in total. The van der Waals surface area contributed by atoms with E-state index in [0.29, 0.717) is 0 Å². The standard InChI is InChI=1S/C6H8N4O3/c1-3(11)4-7-9-5(10-8-4)6(12)13-2/h3,11H,1-2H3. The van der Waals surface area contributed by atoms with Crippen molar-refractivity contribution >= 4 is 5.97 Å². The monoisotopic (exact) mass is 184 g/mol. The van der Waals surface area contributed by atoms with E-state index in [0.717, 1.165) is 0 Å². The van der Waals surface area contributed by atoms with Crippen molar-refractivity contribution in [2.45, 2.75) is 13.0 Å². The molecule has 0 aliphatic rings. The van der Waals surface area contributed by atoms with E-state index < -0.39 is 12.1 Å². The topological polar surface area (TPSA) is 98.1 Å². The summed E-state index contributed by atoms with van der Waals surface area (Å²) in [6.45, 7) is 1.47. The maximum absolute atomic E-state index is 10.8. The predicted octanol–water partition coefficient (Wildman–Crippen LogP) is -0.894. The largest absolute Gasteiger partial charge is 0.463 e. The average Bonchev–Trinajstić information content (AvgIpc) is 2.17. The molecule has 0 amide bonds. The molecule has 7 nitrogen and oxygen atoms in total. The van der Waals surface area contributed by atoms with E-state index in [2.05, 4.69) is 25.1 Å². The lowest BCUT2D eigenvalue weighted by Crippen LogP contribution is -2.13. The van der Waals surface area contributed by atoms with E-state index in [1.807, 2.05) is 0 Å². The molecule has 0 saturated carbocycles. The maximum Gasteiger partial charge on any atom is 0.379 e. The van der Waals surface area contributed by atoms with Crippen LogP contribution in [0.2, 0.25) is 0 Å². The van der Waals surface area contributed by atoms with Crippen molar-refractivity contribution in [1.82, 2.24) is 20.4 Å². The van der Waals surface area contributed by atoms with Gasteiger partial charge >= 0.3 is 5.97 Å². The van der Waals surface area contributed by atoms with Crippen molar-refractivity contribution in [2.24, 2.45) is 0 Å². The van der Waals surface area contributed by atoms with Gasteiger partial charge in [0, 0.05) is 0 Å². The number of aliphatic hydroxyl groups is 1. The minimum absolute atomic E-state index is 0.0626. The number of hydrogen-bond acceptors (Lipinski definition) is 7. The first kappa shape index (κ1) is 9.46. The fraction of sp³-hybridized carbons (Fsp3) is 0.500. The third-order valence-corrected chi connectivity index (χ3v) is 1.24. The number of esters is 1. The first-order valence-corrected chi connectivity index (χ1v) is 3.49. The van der Waals surface area contributed by atoms with Crippen LogP contribution in [-0.4, -0.2) is 38.6 Å². The maximum atomic E-state index is 10.8. The zero-order chi connectivity index (χ0) is 9.84. The Morgan fingerprint density at radius 2 is 1.92 bits per heavy atom. The Balaban J connectivity index is 2.87. The lowest BCUT2D eigenvalue weighted by molar-refractivity contribution is 0.0581. The number of nitrogens with zero attached hydrogens (tertiary/aromatic N) is 4. The van der Waals surface area contributed by atoms with Gasteiger partial charge in [-0.2, -0.15) is 0 Å². The van der Waals surface area contributed by atoms with Crippen LogP contribution in [0.5, 0.6) is 0 Å². The first-order valence-electron chi connectivity index (χ1n) is 3.49. The normalized spacial score (nSPS) is 12.2. The van der Waals surface area contributed by atoms with Crippen molar-refractivity contribution in [3.63, 3.8) is 0 Å². The second kappa shape index (κ2) is 3.85. The van der Waals surface area contributed by atoms with Gasteiger partial charge < -0.3 is 9.84 Å². The summed E-state index contributed by atoms with van der Waals surface area (Å²) in [5.74, 6) is -0.878. The van der Waals surface area contributed by atoms with Gasteiger partial charge in [0.1, 0.15) is 6.10 Å². The molecular formula is C6H8N4O3. The molecule has 1 atom stereocenters. The minimum atomic E-state index is -0.855. The molecule has 13 heavy (non-hydrogen) atoms. The number of carbonyl (C=O) groups is 1. The van der Waals surface area contributed by atoms with Crippen LogP contribution in [0.1, 0.15) is 29.5 Å². The molecule has 1 unspecified atom stereocenters. The fourth-order valence-corrected chi connectivity index (χ4v) is 0.577. The number of rotatable bonds is 2. The molecule has 0 spiro atoms. The smallest absolute Gasteiger partial charge is 0.379 e. The Kier molecular flexibility index (Phi) is 2.80. The quantitative estimate of drug-likeness (QED) is 0.595. The number of aliphatic hydroxyl groups excluding tert-OH is 1. The molecule has 1 rings (SSSR count). The summed E-state index contributed by atoms with van der Waals surface area (Å²) < 4.78 is 4.33. The van der Waals surface area contributed by atoms with E-state index in [1.54, 1.807) is 0 Å². The Morgan fingerprint density at radius 1 is 1.38 bits per heavy atom. The highest BCUT2D eigenvalue weighted by molar-refractivity contribution is 5.84. The number of hydrogen-bond donors (Lipinski definition) is 1. The van der Waals surface area contributed by atoms with Crippen LogP contribution < -0.4 is 0 Å². The van der Waals surface area contributed by atoms with Crippen molar-refractivity contribution in [3.8, 4) is 0 Å². The van der Waals surface area contributed by atoms with Crippen molar-refractivity contribution in [1.29, 1.82) is 0 Å². The number of carbonyl (C=O) groups excluding carboxylic acids is 1. The Morgan fingerprint density at radius 3 is 2.31 bits per heavy atom. The molecule has 70 valence electrons. The molecular weight excluding hydrogens is 176 g/mol. The second-order valence-electron chi connectivity index (χ2n) is 2.25. The second-order valence-corrected chi connectivity index (χ2v) is 2.25. The van der Waals surface area contributed by atoms with Crippen molar-refractivity contribution in [2.75, 3.05) is 7.11 Å². The van der Waals surface area contributed by atoms with Crippen LogP contribution in [0.25, 0.3) is 0 Å². The number of aromatic nitrogens is 4. The molecule has 0 radical (unpaired) electrons. The Labute approximate surface area is 73.8 Å². The van der Waals surface area contributed by atoms with Crippen LogP contribution in [0, 0.1) is 0 Å². The van der Waals surface area contributed by atoms with Gasteiger partial charge in [-0.25, -0.2) is 4.79 Å². The Hall–Kier alpha value is -1.63. The number of methoxy groups -OCH3 is 1. The highest BCUT2D eigenvalue weighted by atomic mass is 16.5. The van der Waals surface area contributed by atoms with Crippen LogP contribution in [0.4, 0.5) is 0 Å². The first-order chi connectivity index (χ1) is 6.15. The Bertz CT molecular complexity index is 297. The molecule has 0 aromatic carbocycles. The van der Waals surface area contributed by atoms with Crippen LogP contribution >= 0.6 is 0 Å². The summed E-state index contributed by atoms with van der Waals surface area (Å²) in [6.07, 6.45) is -0.855. The molecule has 1 aromatic rings. The molecule has 1 heterocycles. The molecule has 0 fully saturated rings. The highest BCUT2D eigenvalue weighted by Gasteiger charge is 2.12. The molecule has 0 bridgehead atoms. The zero-order valence-electron chi connectivity index (χ0n) is 7.13. The van der Waals surface area contributed by atoms with E-state index in [-0.39, 0.29) is 11.6 Å². The van der Waals surface area contributed by atoms with Gasteiger partial charge in [0.05, 0.1) is 7.11 Å². The summed E-state index contributed by atoms with van der Waals surface area (Å²) in [5.41, 5.74) is 0. The van der Waals surface area contributed by atoms with Crippen LogP contribution in [0.3, 0.4) is 0 Å². The van der Waals surface area contributed by atoms with Crippen LogP contribution in [0.15, 0.2) is 0 Å². The summed E-state index contributed by atoms with van der Waals surface area (Å²) in [7, 11) is 1.20. The van der Waals surface area contributed by atoms with E-state index in [9.17, 15) is 4.79 Å². The fourth-order valence-electron chi connectivity index (χ4n) is 0.577. The minimum Gasteiger partial charge on any atom is -0.463 e. The molecule has 0 aliphatic heterocycles. The van der Waals surface area contributed by atoms with Gasteiger partial charge in [-0.1, -0.05) is 0 Å². The van der Waals surface area contributed by atoms with Gasteiger partial charge in [-0.05, 0) is 6.92 Å². The lowest BCUT2D eigenvalue weighted by Gasteiger charge is -1.99.